The minimum atomic E-state index is -3.49. The molecule has 0 aliphatic rings. The average molecular weight is 314 g/mol. The Bertz CT molecular complexity index is 725. The SMILES string of the molecule is Cc1nnc(Sc2ccc(S(=O)(=O)N(C)C)cc2N)o1. The maximum absolute atomic E-state index is 12.0. The lowest BCUT2D eigenvalue weighted by Gasteiger charge is -2.12. The van der Waals surface area contributed by atoms with Gasteiger partial charge in [0.05, 0.1) is 4.90 Å². The van der Waals surface area contributed by atoms with Crippen molar-refractivity contribution in [1.29, 1.82) is 0 Å². The molecule has 0 bridgehead atoms. The van der Waals surface area contributed by atoms with Crippen LogP contribution in [0.1, 0.15) is 5.89 Å². The quantitative estimate of drug-likeness (QED) is 0.850. The minimum absolute atomic E-state index is 0.144. The smallest absolute Gasteiger partial charge is 0.281 e. The van der Waals surface area contributed by atoms with Gasteiger partial charge in [-0.1, -0.05) is 0 Å². The molecule has 0 aliphatic carbocycles. The van der Waals surface area contributed by atoms with Crippen molar-refractivity contribution in [3.8, 4) is 0 Å². The normalized spacial score (nSPS) is 12.0. The fraction of sp³-hybridized carbons (Fsp3) is 0.273. The van der Waals surface area contributed by atoms with Crippen LogP contribution in [0.5, 0.6) is 0 Å². The fourth-order valence-electron chi connectivity index (χ4n) is 1.40. The van der Waals surface area contributed by atoms with E-state index in [0.717, 1.165) is 4.31 Å². The highest BCUT2D eigenvalue weighted by molar-refractivity contribution is 7.99. The molecular formula is C11H14N4O3S2. The predicted octanol–water partition coefficient (Wildman–Crippen LogP) is 1.36. The third kappa shape index (κ3) is 2.94. The molecule has 2 N–H and O–H groups in total. The zero-order chi connectivity index (χ0) is 14.9. The molecule has 0 atom stereocenters. The van der Waals surface area contributed by atoms with Gasteiger partial charge in [0.25, 0.3) is 5.22 Å². The van der Waals surface area contributed by atoms with Crippen LogP contribution in [0.2, 0.25) is 0 Å². The second-order valence-corrected chi connectivity index (χ2v) is 7.32. The Morgan fingerprint density at radius 1 is 1.30 bits per heavy atom. The third-order valence-corrected chi connectivity index (χ3v) is 5.21. The highest BCUT2D eigenvalue weighted by Gasteiger charge is 2.18. The molecular weight excluding hydrogens is 300 g/mol. The van der Waals surface area contributed by atoms with Gasteiger partial charge in [0.2, 0.25) is 15.9 Å². The van der Waals surface area contributed by atoms with Crippen LogP contribution in [-0.4, -0.2) is 37.0 Å². The van der Waals surface area contributed by atoms with Crippen molar-refractivity contribution in [2.45, 2.75) is 21.9 Å². The number of rotatable bonds is 4. The van der Waals surface area contributed by atoms with Gasteiger partial charge >= 0.3 is 0 Å². The first-order valence-corrected chi connectivity index (χ1v) is 7.86. The molecule has 0 saturated carbocycles. The number of nitrogen functional groups attached to an aromatic ring is 1. The molecule has 7 nitrogen and oxygen atoms in total. The van der Waals surface area contributed by atoms with Crippen molar-refractivity contribution in [1.82, 2.24) is 14.5 Å². The zero-order valence-electron chi connectivity index (χ0n) is 11.2. The van der Waals surface area contributed by atoms with Crippen LogP contribution in [0.4, 0.5) is 5.69 Å². The van der Waals surface area contributed by atoms with Crippen molar-refractivity contribution in [2.75, 3.05) is 19.8 Å². The van der Waals surface area contributed by atoms with E-state index in [9.17, 15) is 8.42 Å². The standard InChI is InChI=1S/C11H14N4O3S2/c1-7-13-14-11(18-7)19-10-5-4-8(6-9(10)12)20(16,17)15(2)3/h4-6H,12H2,1-3H3. The van der Waals surface area contributed by atoms with Gasteiger partial charge in [-0.25, -0.2) is 12.7 Å². The molecule has 0 amide bonds. The van der Waals surface area contributed by atoms with Gasteiger partial charge in [0.1, 0.15) is 0 Å². The van der Waals surface area contributed by atoms with E-state index in [0.29, 0.717) is 21.7 Å². The number of anilines is 1. The van der Waals surface area contributed by atoms with E-state index < -0.39 is 10.0 Å². The van der Waals surface area contributed by atoms with E-state index in [4.69, 9.17) is 10.2 Å². The highest BCUT2D eigenvalue weighted by atomic mass is 32.2. The molecule has 1 aromatic carbocycles. The summed E-state index contributed by atoms with van der Waals surface area (Å²) in [5.74, 6) is 0.456. The lowest BCUT2D eigenvalue weighted by atomic mass is 10.3. The molecule has 2 aromatic rings. The van der Waals surface area contributed by atoms with Crippen LogP contribution in [0.3, 0.4) is 0 Å². The summed E-state index contributed by atoms with van der Waals surface area (Å²) in [4.78, 5) is 0.803. The molecule has 1 heterocycles. The summed E-state index contributed by atoms with van der Waals surface area (Å²) in [5, 5.41) is 7.92. The number of benzene rings is 1. The van der Waals surface area contributed by atoms with Gasteiger partial charge in [0.15, 0.2) is 0 Å². The predicted molar refractivity (Wildman–Crippen MR) is 74.9 cm³/mol. The number of nitrogens with two attached hydrogens (primary N) is 1. The minimum Gasteiger partial charge on any atom is -0.416 e. The van der Waals surface area contributed by atoms with E-state index in [1.807, 2.05) is 0 Å². The van der Waals surface area contributed by atoms with Crippen molar-refractivity contribution >= 4 is 27.5 Å². The number of nitrogens with zero attached hydrogens (tertiary/aromatic N) is 3. The van der Waals surface area contributed by atoms with Crippen LogP contribution >= 0.6 is 11.8 Å². The molecule has 0 saturated heterocycles. The number of hydrogen-bond acceptors (Lipinski definition) is 7. The molecule has 1 aromatic heterocycles. The van der Waals surface area contributed by atoms with E-state index in [2.05, 4.69) is 10.2 Å². The average Bonchev–Trinajstić information content (AvgIpc) is 2.77. The number of aromatic nitrogens is 2. The Balaban J connectivity index is 2.31. The maximum atomic E-state index is 12.0. The molecule has 0 radical (unpaired) electrons. The summed E-state index contributed by atoms with van der Waals surface area (Å²) in [5.41, 5.74) is 6.22. The number of hydrogen-bond donors (Lipinski definition) is 1. The van der Waals surface area contributed by atoms with Crippen molar-refractivity contribution in [3.63, 3.8) is 0 Å². The van der Waals surface area contributed by atoms with Crippen molar-refractivity contribution in [2.24, 2.45) is 0 Å². The first kappa shape index (κ1) is 14.8. The summed E-state index contributed by atoms with van der Waals surface area (Å²) in [6, 6.07) is 4.54. The van der Waals surface area contributed by atoms with Gasteiger partial charge in [-0.2, -0.15) is 0 Å². The van der Waals surface area contributed by atoms with Gasteiger partial charge in [-0.05, 0) is 30.0 Å². The molecule has 2 rings (SSSR count). The monoisotopic (exact) mass is 314 g/mol. The van der Waals surface area contributed by atoms with E-state index in [1.165, 1.54) is 38.0 Å². The topological polar surface area (TPSA) is 102 Å². The summed E-state index contributed by atoms with van der Waals surface area (Å²) < 4.78 is 30.3. The molecule has 9 heteroatoms. The van der Waals surface area contributed by atoms with Gasteiger partial charge in [0, 0.05) is 31.6 Å². The van der Waals surface area contributed by atoms with Crippen molar-refractivity contribution in [3.05, 3.63) is 24.1 Å². The molecule has 20 heavy (non-hydrogen) atoms. The largest absolute Gasteiger partial charge is 0.416 e. The number of sulfonamides is 1. The summed E-state index contributed by atoms with van der Waals surface area (Å²) in [7, 11) is -0.557. The molecule has 0 aliphatic heterocycles. The lowest BCUT2D eigenvalue weighted by Crippen LogP contribution is -2.22. The first-order chi connectivity index (χ1) is 9.30. The Labute approximate surface area is 121 Å². The Kier molecular flexibility index (Phi) is 4.02. The van der Waals surface area contributed by atoms with Crippen LogP contribution in [0.15, 0.2) is 37.6 Å². The third-order valence-electron chi connectivity index (χ3n) is 2.46. The summed E-state index contributed by atoms with van der Waals surface area (Å²) in [6.45, 7) is 1.69. The Hall–Kier alpha value is -1.58. The van der Waals surface area contributed by atoms with Crippen LogP contribution in [0, 0.1) is 6.92 Å². The Morgan fingerprint density at radius 3 is 2.50 bits per heavy atom. The first-order valence-electron chi connectivity index (χ1n) is 5.60. The second kappa shape index (κ2) is 5.43. The van der Waals surface area contributed by atoms with Crippen LogP contribution in [0.25, 0.3) is 0 Å². The van der Waals surface area contributed by atoms with E-state index in [1.54, 1.807) is 13.0 Å². The molecule has 0 unspecified atom stereocenters. The summed E-state index contributed by atoms with van der Waals surface area (Å²) >= 11 is 1.19. The highest BCUT2D eigenvalue weighted by Crippen LogP contribution is 2.32. The zero-order valence-corrected chi connectivity index (χ0v) is 12.8. The molecule has 108 valence electrons. The van der Waals surface area contributed by atoms with Gasteiger partial charge < -0.3 is 10.2 Å². The van der Waals surface area contributed by atoms with E-state index in [-0.39, 0.29) is 4.90 Å². The van der Waals surface area contributed by atoms with Crippen LogP contribution < -0.4 is 5.73 Å². The van der Waals surface area contributed by atoms with Gasteiger partial charge in [-0.3, -0.25) is 0 Å². The van der Waals surface area contributed by atoms with Crippen LogP contribution in [-0.2, 0) is 10.0 Å². The molecule has 0 spiro atoms. The van der Waals surface area contributed by atoms with E-state index >= 15 is 0 Å². The lowest BCUT2D eigenvalue weighted by molar-refractivity contribution is 0.429. The fourth-order valence-corrected chi connectivity index (χ4v) is 3.09. The summed E-state index contributed by atoms with van der Waals surface area (Å²) in [6.07, 6.45) is 0. The maximum Gasteiger partial charge on any atom is 0.281 e. The second-order valence-electron chi connectivity index (χ2n) is 4.18. The van der Waals surface area contributed by atoms with Gasteiger partial charge in [-0.15, -0.1) is 10.2 Å². The number of aryl methyl sites for hydroxylation is 1. The Morgan fingerprint density at radius 2 is 2.00 bits per heavy atom. The molecule has 0 fully saturated rings. The van der Waals surface area contributed by atoms with Crippen molar-refractivity contribution < 1.29 is 12.8 Å².